The van der Waals surface area contributed by atoms with Crippen molar-refractivity contribution in [3.8, 4) is 34.4 Å². The Balaban J connectivity index is 0.000000395. The van der Waals surface area contributed by atoms with Crippen LogP contribution in [-0.2, 0) is 30.4 Å². The second-order valence-corrected chi connectivity index (χ2v) is 8.46. The fourth-order valence-corrected chi connectivity index (χ4v) is 3.74. The van der Waals surface area contributed by atoms with Crippen molar-refractivity contribution >= 4 is 23.9 Å². The zero-order valence-electron chi connectivity index (χ0n) is 24.1. The fourth-order valence-electron chi connectivity index (χ4n) is 3.74. The fraction of sp³-hybridized carbons (Fsp3) is 0. The van der Waals surface area contributed by atoms with Gasteiger partial charge in [-0.05, 0) is 35.4 Å². The van der Waals surface area contributed by atoms with Crippen molar-refractivity contribution in [3.05, 3.63) is 108 Å². The third-order valence-corrected chi connectivity index (χ3v) is 5.71. The average molecular weight is 700 g/mol. The molecule has 0 amide bonds. The molecule has 0 fully saturated rings. The number of hydrogen-bond donors (Lipinski definition) is 6. The molecule has 0 atom stereocenters. The molecule has 4 aromatic heterocycles. The molecule has 12 N–H and O–H groups in total. The third kappa shape index (κ3) is 9.85. The molecule has 0 unspecified atom stereocenters. The minimum absolute atomic E-state index is 0. The van der Waals surface area contributed by atoms with Gasteiger partial charge >= 0.3 is 31.4 Å². The normalized spacial score (nSPS) is 9.45. The summed E-state index contributed by atoms with van der Waals surface area (Å²) in [6.07, 6.45) is 13.8. The van der Waals surface area contributed by atoms with Crippen molar-refractivity contribution in [1.29, 1.82) is 0 Å². The Morgan fingerprint density at radius 3 is 0.979 bits per heavy atom. The van der Waals surface area contributed by atoms with Gasteiger partial charge in [-0.15, -0.1) is 0 Å². The Hall–Kier alpha value is -6.30. The van der Waals surface area contributed by atoms with E-state index in [0.717, 1.165) is 47.6 Å². The molecule has 47 heavy (non-hydrogen) atoms. The van der Waals surface area contributed by atoms with E-state index >= 15 is 0 Å². The summed E-state index contributed by atoms with van der Waals surface area (Å²) < 4.78 is 0. The quantitative estimate of drug-likeness (QED) is 0.0883. The Morgan fingerprint density at radius 1 is 0.511 bits per heavy atom. The van der Waals surface area contributed by atoms with Crippen molar-refractivity contribution in [2.24, 2.45) is 0 Å². The van der Waals surface area contributed by atoms with Crippen LogP contribution in [0, 0.1) is 0 Å². The van der Waals surface area contributed by atoms with Crippen molar-refractivity contribution < 1.29 is 70.0 Å². The van der Waals surface area contributed by atoms with E-state index in [1.165, 1.54) is 12.1 Å². The van der Waals surface area contributed by atoms with Crippen LogP contribution in [0.15, 0.2) is 86.0 Å². The molecule has 0 aliphatic rings. The molecule has 6 rings (SSSR count). The van der Waals surface area contributed by atoms with Gasteiger partial charge in [0.2, 0.25) is 0 Å². The maximum Gasteiger partial charge on any atom is 2.00 e. The summed E-state index contributed by atoms with van der Waals surface area (Å²) in [5.74, 6) is -3.27. The van der Waals surface area contributed by atoms with Gasteiger partial charge in [0, 0.05) is 60.7 Å². The van der Waals surface area contributed by atoms with Crippen LogP contribution in [0.25, 0.3) is 34.4 Å². The van der Waals surface area contributed by atoms with Gasteiger partial charge < -0.3 is 60.9 Å². The van der Waals surface area contributed by atoms with Crippen LogP contribution in [0.1, 0.15) is 41.4 Å². The number of nitrogens with zero attached hydrogens (tertiary/aromatic N) is 4. The Bertz CT molecular complexity index is 1670. The summed E-state index contributed by atoms with van der Waals surface area (Å²) >= 11 is 0. The first-order valence-electron chi connectivity index (χ1n) is 12.3. The van der Waals surface area contributed by atoms with Crippen LogP contribution in [0.5, 0.6) is 0 Å². The molecule has 0 aliphatic heterocycles. The zero-order chi connectivity index (χ0) is 31.6. The van der Waals surface area contributed by atoms with E-state index in [-0.39, 0.29) is 41.6 Å². The number of carboxylic acids is 4. The second-order valence-electron chi connectivity index (χ2n) is 8.46. The first-order chi connectivity index (χ1) is 21.2. The van der Waals surface area contributed by atoms with E-state index in [2.05, 4.69) is 39.9 Å². The first kappa shape index (κ1) is 38.7. The number of aromatic nitrogens is 8. The summed E-state index contributed by atoms with van der Waals surface area (Å²) in [5.41, 5.74) is -1.78. The molecular formula is C28H26N8O10Zn+2. The molecule has 18 nitrogen and oxygen atoms in total. The molecule has 0 bridgehead atoms. The van der Waals surface area contributed by atoms with E-state index in [4.69, 9.17) is 10.2 Å². The summed E-state index contributed by atoms with van der Waals surface area (Å²) in [6, 6.07) is 6.62. The van der Waals surface area contributed by atoms with Crippen LogP contribution >= 0.6 is 0 Å². The largest absolute Gasteiger partial charge is 2.00 e. The van der Waals surface area contributed by atoms with Crippen molar-refractivity contribution in [3.63, 3.8) is 0 Å². The predicted molar refractivity (Wildman–Crippen MR) is 157 cm³/mol. The number of carboxylic acid groups (broad SMARTS) is 4. The molecule has 0 aliphatic carbocycles. The molecule has 0 saturated heterocycles. The Labute approximate surface area is 276 Å². The van der Waals surface area contributed by atoms with Crippen molar-refractivity contribution in [2.45, 2.75) is 0 Å². The van der Waals surface area contributed by atoms with Gasteiger partial charge in [-0.1, -0.05) is 12.1 Å². The van der Waals surface area contributed by atoms with Crippen LogP contribution in [0.4, 0.5) is 0 Å². The monoisotopic (exact) mass is 698 g/mol. The number of aromatic carboxylic acids is 4. The van der Waals surface area contributed by atoms with Crippen LogP contribution in [0.2, 0.25) is 0 Å². The third-order valence-electron chi connectivity index (χ3n) is 5.71. The summed E-state index contributed by atoms with van der Waals surface area (Å²) in [4.78, 5) is 71.9. The first-order valence-corrected chi connectivity index (χ1v) is 12.3. The summed E-state index contributed by atoms with van der Waals surface area (Å²) in [7, 11) is 0. The van der Waals surface area contributed by atoms with Crippen LogP contribution in [-0.4, -0.2) is 74.0 Å². The molecule has 0 radical (unpaired) electrons. The van der Waals surface area contributed by atoms with E-state index in [1.807, 2.05) is 0 Å². The van der Waals surface area contributed by atoms with Gasteiger partial charge in [0.25, 0.3) is 0 Å². The summed E-state index contributed by atoms with van der Waals surface area (Å²) in [5, 5.41) is 40.0. The molecule has 0 saturated carbocycles. The maximum atomic E-state index is 11.1. The standard InChI is InChI=1S/C16H10O8.2C6H6N4.2H2O.Zn/c17-13(18)9-3-1-7(5-11(9)15(21)22)8-2-4-10(14(19)20)12(6-8)16(23)24;2*1-2-8-5(7-1)6-9-3-4-10-6;;;/h1-6H,(H,17,18)(H,19,20)(H,21,22)(H,23,24);2*1-4H,(H,7,8)(H,9,10);2*1H2;/q;;;;;+2. The van der Waals surface area contributed by atoms with Gasteiger partial charge in [0.15, 0.2) is 23.3 Å². The second kappa shape index (κ2) is 17.9. The minimum atomic E-state index is -1.71. The molecule has 6 aromatic rings. The van der Waals surface area contributed by atoms with Crippen LogP contribution in [0.3, 0.4) is 0 Å². The van der Waals surface area contributed by atoms with E-state index in [1.54, 1.807) is 49.6 Å². The number of benzene rings is 2. The van der Waals surface area contributed by atoms with Crippen molar-refractivity contribution in [1.82, 2.24) is 39.9 Å². The molecule has 0 spiro atoms. The minimum Gasteiger partial charge on any atom is -0.545 e. The topological polar surface area (TPSA) is 336 Å². The molecule has 4 heterocycles. The number of rotatable bonds is 7. The molecule has 2 aromatic carbocycles. The van der Waals surface area contributed by atoms with Gasteiger partial charge in [0.1, 0.15) is 0 Å². The number of aromatic amines is 4. The SMILES string of the molecule is O=C([O-])c1cc(-c2ccc(C(=O)O)c(C(=O)[O-])c2)ccc1C(=O)O.[OH3+].[OH3+].[Zn+2].c1c[nH]c(-c2ncc[nH]2)n1.c1c[nH]c(-c2ncc[nH]2)n1. The number of hydrogen-bond acceptors (Lipinski definition) is 10. The predicted octanol–water partition coefficient (Wildman–Crippen LogP) is -0.770. The zero-order valence-corrected chi connectivity index (χ0v) is 27.0. The molecule has 238 valence electrons. The number of imidazole rings is 4. The Morgan fingerprint density at radius 2 is 0.787 bits per heavy atom. The molecule has 19 heteroatoms. The van der Waals surface area contributed by atoms with E-state index < -0.39 is 46.1 Å². The van der Waals surface area contributed by atoms with E-state index in [0.29, 0.717) is 0 Å². The average Bonchev–Trinajstić information content (AvgIpc) is 3.84. The summed E-state index contributed by atoms with van der Waals surface area (Å²) in [6.45, 7) is 0. The molecular weight excluding hydrogens is 674 g/mol. The van der Waals surface area contributed by atoms with Gasteiger partial charge in [-0.25, -0.2) is 29.5 Å². The van der Waals surface area contributed by atoms with E-state index in [9.17, 15) is 29.4 Å². The van der Waals surface area contributed by atoms with Gasteiger partial charge in [-0.2, -0.15) is 0 Å². The smallest absolute Gasteiger partial charge is 0.545 e. The number of nitrogens with one attached hydrogen (secondary N) is 4. The van der Waals surface area contributed by atoms with Crippen LogP contribution < -0.4 is 10.2 Å². The van der Waals surface area contributed by atoms with Crippen molar-refractivity contribution in [2.75, 3.05) is 0 Å². The van der Waals surface area contributed by atoms with Gasteiger partial charge in [0.05, 0.1) is 23.1 Å². The number of carbonyl (C=O) groups excluding carboxylic acids is 2. The number of H-pyrrole nitrogens is 4. The Kier molecular flexibility index (Phi) is 14.7. The maximum absolute atomic E-state index is 11.1. The van der Waals surface area contributed by atoms with Gasteiger partial charge in [-0.3, -0.25) is 0 Å². The number of carbonyl (C=O) groups is 4.